The smallest absolute Gasteiger partial charge is 0.247 e. The Labute approximate surface area is 142 Å². The second-order valence-electron chi connectivity index (χ2n) is 6.06. The minimum atomic E-state index is -0.551. The molecule has 1 fully saturated rings. The van der Waals surface area contributed by atoms with Gasteiger partial charge in [0.15, 0.2) is 11.5 Å². The summed E-state index contributed by atoms with van der Waals surface area (Å²) in [5.41, 5.74) is 10.2. The second kappa shape index (κ2) is 6.17. The number of nitrogens with two attached hydrogens (primary N) is 1. The van der Waals surface area contributed by atoms with Crippen molar-refractivity contribution in [3.63, 3.8) is 0 Å². The van der Waals surface area contributed by atoms with E-state index in [9.17, 15) is 4.79 Å². The van der Waals surface area contributed by atoms with Crippen LogP contribution in [0.1, 0.15) is 22.7 Å². The molecule has 2 aromatic carbocycles. The third-order valence-electron chi connectivity index (χ3n) is 4.66. The molecule has 1 aliphatic heterocycles. The van der Waals surface area contributed by atoms with Crippen molar-refractivity contribution in [1.29, 1.82) is 0 Å². The largest absolute Gasteiger partial charge is 0.493 e. The van der Waals surface area contributed by atoms with Crippen molar-refractivity contribution in [2.45, 2.75) is 25.9 Å². The van der Waals surface area contributed by atoms with Crippen molar-refractivity contribution in [2.24, 2.45) is 5.73 Å². The number of hydrogen-bond acceptors (Lipinski definition) is 4. The third kappa shape index (κ3) is 2.51. The Bertz CT molecular complexity index is 788. The van der Waals surface area contributed by atoms with E-state index in [1.165, 1.54) is 5.56 Å². The first kappa shape index (κ1) is 16.3. The summed E-state index contributed by atoms with van der Waals surface area (Å²) in [4.78, 5) is 14.1. The highest BCUT2D eigenvalue weighted by molar-refractivity contribution is 6.05. The molecule has 0 radical (unpaired) electrons. The molecule has 0 saturated carbocycles. The number of ether oxygens (including phenoxy) is 2. The number of hydrogen-bond donors (Lipinski definition) is 1. The van der Waals surface area contributed by atoms with Crippen molar-refractivity contribution < 1.29 is 14.3 Å². The van der Waals surface area contributed by atoms with Crippen LogP contribution in [-0.4, -0.2) is 26.2 Å². The zero-order chi connectivity index (χ0) is 17.4. The van der Waals surface area contributed by atoms with E-state index in [1.54, 1.807) is 19.1 Å². The summed E-state index contributed by atoms with van der Waals surface area (Å²) < 4.78 is 10.6. The lowest BCUT2D eigenvalue weighted by Gasteiger charge is -2.45. The fourth-order valence-corrected chi connectivity index (χ4v) is 3.07. The van der Waals surface area contributed by atoms with Crippen LogP contribution in [0.5, 0.6) is 11.5 Å². The number of benzene rings is 2. The molecule has 1 saturated heterocycles. The molecule has 5 nitrogen and oxygen atoms in total. The molecular formula is C19H22N2O3. The van der Waals surface area contributed by atoms with Crippen LogP contribution in [-0.2, 0) is 4.79 Å². The van der Waals surface area contributed by atoms with Crippen molar-refractivity contribution in [1.82, 2.24) is 0 Å². The average Bonchev–Trinajstić information content (AvgIpc) is 2.60. The Kier molecular flexibility index (Phi) is 4.20. The van der Waals surface area contributed by atoms with Crippen LogP contribution in [0.2, 0.25) is 0 Å². The van der Waals surface area contributed by atoms with Crippen LogP contribution in [0.4, 0.5) is 5.69 Å². The number of carbonyl (C=O) groups is 1. The average molecular weight is 326 g/mol. The molecular weight excluding hydrogens is 304 g/mol. The summed E-state index contributed by atoms with van der Waals surface area (Å²) in [6, 6.07) is 10.9. The first-order valence-electron chi connectivity index (χ1n) is 7.85. The van der Waals surface area contributed by atoms with Gasteiger partial charge in [0, 0.05) is 5.69 Å². The van der Waals surface area contributed by atoms with Crippen LogP contribution in [0.3, 0.4) is 0 Å². The number of carbonyl (C=O) groups excluding carboxylic acids is 1. The zero-order valence-corrected chi connectivity index (χ0v) is 14.4. The molecule has 1 aliphatic rings. The van der Waals surface area contributed by atoms with Gasteiger partial charge < -0.3 is 20.1 Å². The molecule has 0 aliphatic carbocycles. The van der Waals surface area contributed by atoms with E-state index in [1.807, 2.05) is 43.3 Å². The molecule has 5 heteroatoms. The predicted octanol–water partition coefficient (Wildman–Crippen LogP) is 2.74. The highest BCUT2D eigenvalue weighted by atomic mass is 16.5. The first-order valence-corrected chi connectivity index (χ1v) is 7.85. The van der Waals surface area contributed by atoms with E-state index in [-0.39, 0.29) is 11.9 Å². The molecule has 1 heterocycles. The molecule has 0 bridgehead atoms. The van der Waals surface area contributed by atoms with E-state index in [4.69, 9.17) is 15.2 Å². The van der Waals surface area contributed by atoms with Crippen molar-refractivity contribution >= 4 is 11.6 Å². The maximum absolute atomic E-state index is 12.4. The van der Waals surface area contributed by atoms with E-state index in [0.29, 0.717) is 11.5 Å². The van der Waals surface area contributed by atoms with Gasteiger partial charge in [0.25, 0.3) is 0 Å². The van der Waals surface area contributed by atoms with E-state index < -0.39 is 6.04 Å². The third-order valence-corrected chi connectivity index (χ3v) is 4.66. The number of rotatable bonds is 4. The number of anilines is 1. The number of methoxy groups -OCH3 is 2. The number of amides is 1. The summed E-state index contributed by atoms with van der Waals surface area (Å²) in [6.45, 7) is 4.09. The van der Waals surface area contributed by atoms with Gasteiger partial charge in [0.2, 0.25) is 5.91 Å². The van der Waals surface area contributed by atoms with Gasteiger partial charge in [-0.15, -0.1) is 0 Å². The van der Waals surface area contributed by atoms with Gasteiger partial charge in [-0.05, 0) is 54.8 Å². The van der Waals surface area contributed by atoms with Crippen LogP contribution in [0.15, 0.2) is 36.4 Å². The highest BCUT2D eigenvalue weighted by Crippen LogP contribution is 2.41. The Hall–Kier alpha value is -2.53. The minimum absolute atomic E-state index is 0.0713. The molecule has 2 aromatic rings. The van der Waals surface area contributed by atoms with Crippen LogP contribution in [0.25, 0.3) is 0 Å². The Balaban J connectivity index is 1.99. The predicted molar refractivity (Wildman–Crippen MR) is 93.7 cm³/mol. The summed E-state index contributed by atoms with van der Waals surface area (Å²) in [5, 5.41) is 0. The van der Waals surface area contributed by atoms with Crippen molar-refractivity contribution in [3.05, 3.63) is 53.1 Å². The SMILES string of the molecule is COc1ccc([C@H]2[C@@H](N)C(=O)N2c2ccc(C)c(C)c2)cc1OC. The van der Waals surface area contributed by atoms with Gasteiger partial charge in [-0.2, -0.15) is 0 Å². The monoisotopic (exact) mass is 326 g/mol. The maximum Gasteiger partial charge on any atom is 0.247 e. The minimum Gasteiger partial charge on any atom is -0.493 e. The summed E-state index contributed by atoms with van der Waals surface area (Å²) in [7, 11) is 3.19. The Morgan fingerprint density at radius 1 is 0.958 bits per heavy atom. The first-order chi connectivity index (χ1) is 11.5. The summed E-state index contributed by atoms with van der Waals surface area (Å²) in [6.07, 6.45) is 0. The number of β-lactam (4-membered cyclic amide) rings is 1. The lowest BCUT2D eigenvalue weighted by atomic mass is 9.88. The molecule has 1 amide bonds. The fourth-order valence-electron chi connectivity index (χ4n) is 3.07. The molecule has 0 unspecified atom stereocenters. The molecule has 24 heavy (non-hydrogen) atoms. The van der Waals surface area contributed by atoms with Crippen LogP contribution >= 0.6 is 0 Å². The summed E-state index contributed by atoms with van der Waals surface area (Å²) >= 11 is 0. The van der Waals surface area contributed by atoms with Crippen LogP contribution in [0, 0.1) is 13.8 Å². The van der Waals surface area contributed by atoms with Gasteiger partial charge in [-0.1, -0.05) is 12.1 Å². The standard InChI is InChI=1S/C19H22N2O3/c1-11-5-7-14(9-12(11)2)21-18(17(20)19(21)22)13-6-8-15(23-3)16(10-13)24-4/h5-10,17-18H,20H2,1-4H3/t17-,18+/m1/s1. The molecule has 2 atom stereocenters. The lowest BCUT2D eigenvalue weighted by molar-refractivity contribution is -0.126. The van der Waals surface area contributed by atoms with Crippen LogP contribution < -0.4 is 20.1 Å². The van der Waals surface area contributed by atoms with E-state index >= 15 is 0 Å². The van der Waals surface area contributed by atoms with Gasteiger partial charge in [-0.25, -0.2) is 0 Å². The quantitative estimate of drug-likeness (QED) is 0.878. The molecule has 126 valence electrons. The van der Waals surface area contributed by atoms with E-state index in [2.05, 4.69) is 6.92 Å². The van der Waals surface area contributed by atoms with Crippen molar-refractivity contribution in [2.75, 3.05) is 19.1 Å². The molecule has 2 N–H and O–H groups in total. The maximum atomic E-state index is 12.4. The Morgan fingerprint density at radius 2 is 1.67 bits per heavy atom. The Morgan fingerprint density at radius 3 is 2.29 bits per heavy atom. The lowest BCUT2D eigenvalue weighted by Crippen LogP contribution is -2.63. The topological polar surface area (TPSA) is 64.8 Å². The van der Waals surface area contributed by atoms with Gasteiger partial charge in [-0.3, -0.25) is 4.79 Å². The normalized spacial score (nSPS) is 19.9. The second-order valence-corrected chi connectivity index (χ2v) is 6.06. The van der Waals surface area contributed by atoms with Crippen molar-refractivity contribution in [3.8, 4) is 11.5 Å². The van der Waals surface area contributed by atoms with Gasteiger partial charge in [0.05, 0.1) is 20.3 Å². The molecule has 0 aromatic heterocycles. The van der Waals surface area contributed by atoms with Gasteiger partial charge in [0.1, 0.15) is 6.04 Å². The molecule has 3 rings (SSSR count). The summed E-state index contributed by atoms with van der Waals surface area (Å²) in [5.74, 6) is 1.21. The zero-order valence-electron chi connectivity index (χ0n) is 14.4. The number of aryl methyl sites for hydroxylation is 2. The molecule has 0 spiro atoms. The van der Waals surface area contributed by atoms with Gasteiger partial charge >= 0.3 is 0 Å². The van der Waals surface area contributed by atoms with E-state index in [0.717, 1.165) is 16.8 Å². The fraction of sp³-hybridized carbons (Fsp3) is 0.316. The number of nitrogens with zero attached hydrogens (tertiary/aromatic N) is 1. The highest BCUT2D eigenvalue weighted by Gasteiger charge is 2.46.